The van der Waals surface area contributed by atoms with E-state index in [1.165, 1.54) is 4.68 Å². The number of aromatic nitrogens is 2. The molecule has 0 radical (unpaired) electrons. The smallest absolute Gasteiger partial charge is 0.347 e. The number of nitrogens with zero attached hydrogens (tertiary/aromatic N) is 3. The van der Waals surface area contributed by atoms with Crippen LogP contribution < -0.4 is 15.0 Å². The van der Waals surface area contributed by atoms with Crippen molar-refractivity contribution >= 4 is 39.0 Å². The van der Waals surface area contributed by atoms with E-state index >= 15 is 0 Å². The number of ether oxygens (including phenoxy) is 3. The standard InChI is InChI=1S/C24H26BrN3O5/c1-5-22-27-19-10-9-17(25)13-18(19)23(29)28(22)26-14-16-8-11-20(21(12-16)31-6-2)33-15(4)24(30)32-7-3/h8-15H,5-7H2,1-4H3/t15-/m0/s1. The summed E-state index contributed by atoms with van der Waals surface area (Å²) < 4.78 is 18.5. The predicted molar refractivity (Wildman–Crippen MR) is 130 cm³/mol. The van der Waals surface area contributed by atoms with Crippen molar-refractivity contribution < 1.29 is 19.0 Å². The molecule has 1 heterocycles. The van der Waals surface area contributed by atoms with Crippen LogP contribution in [0.2, 0.25) is 0 Å². The first kappa shape index (κ1) is 24.4. The van der Waals surface area contributed by atoms with E-state index in [9.17, 15) is 9.59 Å². The summed E-state index contributed by atoms with van der Waals surface area (Å²) in [6.45, 7) is 7.82. The molecule has 0 unspecified atom stereocenters. The Hall–Kier alpha value is -3.20. The summed E-state index contributed by atoms with van der Waals surface area (Å²) in [7, 11) is 0. The highest BCUT2D eigenvalue weighted by Crippen LogP contribution is 2.29. The molecule has 0 bridgehead atoms. The van der Waals surface area contributed by atoms with Gasteiger partial charge in [0.15, 0.2) is 17.6 Å². The topological polar surface area (TPSA) is 92.0 Å². The molecular formula is C24H26BrN3O5. The lowest BCUT2D eigenvalue weighted by molar-refractivity contribution is -0.150. The van der Waals surface area contributed by atoms with Gasteiger partial charge in [-0.15, -0.1) is 0 Å². The van der Waals surface area contributed by atoms with Gasteiger partial charge in [-0.2, -0.15) is 9.78 Å². The molecule has 1 atom stereocenters. The largest absolute Gasteiger partial charge is 0.490 e. The Kier molecular flexibility index (Phi) is 8.21. The fourth-order valence-electron chi connectivity index (χ4n) is 3.14. The lowest BCUT2D eigenvalue weighted by Crippen LogP contribution is -2.26. The van der Waals surface area contributed by atoms with Crippen LogP contribution in [-0.2, 0) is 16.0 Å². The molecule has 9 heteroatoms. The summed E-state index contributed by atoms with van der Waals surface area (Å²) in [5.41, 5.74) is 1.07. The van der Waals surface area contributed by atoms with Crippen LogP contribution in [0.5, 0.6) is 11.5 Å². The number of hydrogen-bond donors (Lipinski definition) is 0. The van der Waals surface area contributed by atoms with Crippen LogP contribution in [0.3, 0.4) is 0 Å². The molecule has 8 nitrogen and oxygen atoms in total. The van der Waals surface area contributed by atoms with Crippen molar-refractivity contribution in [2.45, 2.75) is 40.2 Å². The van der Waals surface area contributed by atoms with Crippen molar-refractivity contribution in [2.24, 2.45) is 5.10 Å². The Morgan fingerprint density at radius 2 is 1.94 bits per heavy atom. The Bertz CT molecular complexity index is 1240. The van der Waals surface area contributed by atoms with Gasteiger partial charge >= 0.3 is 5.97 Å². The van der Waals surface area contributed by atoms with Gasteiger partial charge in [0.2, 0.25) is 0 Å². The molecule has 0 saturated heterocycles. The Morgan fingerprint density at radius 1 is 1.15 bits per heavy atom. The van der Waals surface area contributed by atoms with Crippen LogP contribution in [0.15, 0.2) is 50.8 Å². The third-order valence-corrected chi connectivity index (χ3v) is 5.20. The molecule has 0 aliphatic rings. The third kappa shape index (κ3) is 5.78. The molecule has 174 valence electrons. The van der Waals surface area contributed by atoms with Crippen molar-refractivity contribution in [1.82, 2.24) is 9.66 Å². The molecule has 0 spiro atoms. The van der Waals surface area contributed by atoms with Gasteiger partial charge in [-0.3, -0.25) is 4.79 Å². The van der Waals surface area contributed by atoms with E-state index in [4.69, 9.17) is 14.2 Å². The Morgan fingerprint density at radius 3 is 2.64 bits per heavy atom. The summed E-state index contributed by atoms with van der Waals surface area (Å²) in [4.78, 5) is 29.5. The molecule has 0 aliphatic carbocycles. The molecule has 0 saturated carbocycles. The first-order chi connectivity index (χ1) is 15.9. The SMILES string of the molecule is CCOC(=O)[C@H](C)Oc1ccc(C=Nn2c(CC)nc3ccc(Br)cc3c2=O)cc1OCC. The zero-order valence-corrected chi connectivity index (χ0v) is 20.6. The summed E-state index contributed by atoms with van der Waals surface area (Å²) in [6, 6.07) is 10.6. The molecule has 3 aromatic rings. The van der Waals surface area contributed by atoms with E-state index in [-0.39, 0.29) is 12.2 Å². The van der Waals surface area contributed by atoms with Crippen molar-refractivity contribution in [3.8, 4) is 11.5 Å². The fraction of sp³-hybridized carbons (Fsp3) is 0.333. The van der Waals surface area contributed by atoms with Crippen LogP contribution in [-0.4, -0.2) is 41.2 Å². The first-order valence-electron chi connectivity index (χ1n) is 10.7. The molecule has 0 aliphatic heterocycles. The second-order valence-corrected chi connectivity index (χ2v) is 7.97. The quantitative estimate of drug-likeness (QED) is 0.311. The second-order valence-electron chi connectivity index (χ2n) is 7.06. The van der Waals surface area contributed by atoms with Gasteiger partial charge in [-0.25, -0.2) is 9.78 Å². The van der Waals surface area contributed by atoms with Crippen LogP contribution in [0.1, 0.15) is 39.1 Å². The van der Waals surface area contributed by atoms with Crippen molar-refractivity contribution in [3.63, 3.8) is 0 Å². The van der Waals surface area contributed by atoms with Crippen molar-refractivity contribution in [3.05, 3.63) is 62.6 Å². The number of carbonyl (C=O) groups is 1. The monoisotopic (exact) mass is 515 g/mol. The van der Waals surface area contributed by atoms with Crippen molar-refractivity contribution in [2.75, 3.05) is 13.2 Å². The third-order valence-electron chi connectivity index (χ3n) is 4.70. The van der Waals surface area contributed by atoms with E-state index in [2.05, 4.69) is 26.0 Å². The van der Waals surface area contributed by atoms with Gasteiger partial charge in [0.25, 0.3) is 5.56 Å². The number of carbonyl (C=O) groups excluding carboxylic acids is 1. The number of benzene rings is 2. The zero-order valence-electron chi connectivity index (χ0n) is 19.0. The summed E-state index contributed by atoms with van der Waals surface area (Å²) in [6.07, 6.45) is 1.33. The summed E-state index contributed by atoms with van der Waals surface area (Å²) in [5, 5.41) is 4.88. The minimum atomic E-state index is -0.780. The van der Waals surface area contributed by atoms with Crippen LogP contribution in [0.25, 0.3) is 10.9 Å². The fourth-order valence-corrected chi connectivity index (χ4v) is 3.50. The average molecular weight is 516 g/mol. The molecule has 2 aromatic carbocycles. The lowest BCUT2D eigenvalue weighted by Gasteiger charge is -2.16. The molecule has 33 heavy (non-hydrogen) atoms. The van der Waals surface area contributed by atoms with Gasteiger partial charge in [-0.1, -0.05) is 22.9 Å². The van der Waals surface area contributed by atoms with Gasteiger partial charge in [0, 0.05) is 10.9 Å². The molecule has 0 fully saturated rings. The van der Waals surface area contributed by atoms with Crippen LogP contribution in [0.4, 0.5) is 0 Å². The maximum absolute atomic E-state index is 13.0. The second kappa shape index (κ2) is 11.1. The Labute approximate surface area is 200 Å². The van der Waals surface area contributed by atoms with Gasteiger partial charge in [-0.05, 0) is 62.7 Å². The zero-order chi connectivity index (χ0) is 24.0. The average Bonchev–Trinajstić information content (AvgIpc) is 2.80. The highest BCUT2D eigenvalue weighted by Gasteiger charge is 2.18. The van der Waals surface area contributed by atoms with E-state index in [0.717, 1.165) is 4.47 Å². The van der Waals surface area contributed by atoms with Gasteiger partial charge < -0.3 is 14.2 Å². The maximum atomic E-state index is 13.0. The molecule has 0 amide bonds. The highest BCUT2D eigenvalue weighted by atomic mass is 79.9. The van der Waals surface area contributed by atoms with E-state index in [0.29, 0.717) is 46.8 Å². The van der Waals surface area contributed by atoms with Crippen LogP contribution >= 0.6 is 15.9 Å². The number of hydrogen-bond acceptors (Lipinski definition) is 7. The Balaban J connectivity index is 1.94. The van der Waals surface area contributed by atoms with E-state index < -0.39 is 12.1 Å². The molecule has 0 N–H and O–H groups in total. The molecule has 3 rings (SSSR count). The van der Waals surface area contributed by atoms with Gasteiger partial charge in [0.1, 0.15) is 5.82 Å². The minimum Gasteiger partial charge on any atom is -0.490 e. The summed E-state index contributed by atoms with van der Waals surface area (Å²) >= 11 is 3.40. The van der Waals surface area contributed by atoms with Gasteiger partial charge in [0.05, 0.1) is 30.3 Å². The number of rotatable bonds is 9. The highest BCUT2D eigenvalue weighted by molar-refractivity contribution is 9.10. The lowest BCUT2D eigenvalue weighted by atomic mass is 10.2. The number of esters is 1. The normalized spacial score (nSPS) is 12.2. The van der Waals surface area contributed by atoms with Crippen LogP contribution in [0, 0.1) is 0 Å². The predicted octanol–water partition coefficient (Wildman–Crippen LogP) is 4.33. The van der Waals surface area contributed by atoms with E-state index in [1.54, 1.807) is 50.4 Å². The first-order valence-corrected chi connectivity index (χ1v) is 11.5. The minimum absolute atomic E-state index is 0.248. The number of halogens is 1. The number of aryl methyl sites for hydroxylation is 1. The van der Waals surface area contributed by atoms with E-state index in [1.807, 2.05) is 19.9 Å². The van der Waals surface area contributed by atoms with Crippen molar-refractivity contribution in [1.29, 1.82) is 0 Å². The molecular weight excluding hydrogens is 490 g/mol. The number of fused-ring (bicyclic) bond motifs is 1. The molecule has 1 aromatic heterocycles. The maximum Gasteiger partial charge on any atom is 0.347 e. The summed E-state index contributed by atoms with van der Waals surface area (Å²) in [5.74, 6) is 0.978.